The van der Waals surface area contributed by atoms with Crippen LogP contribution in [0, 0.1) is 0 Å². The first kappa shape index (κ1) is 25.1. The number of ketones is 1. The van der Waals surface area contributed by atoms with Gasteiger partial charge in [0.2, 0.25) is 0 Å². The van der Waals surface area contributed by atoms with Gasteiger partial charge in [-0.1, -0.05) is 23.7 Å². The average Bonchev–Trinajstić information content (AvgIpc) is 3.13. The molecule has 1 aliphatic rings. The lowest BCUT2D eigenvalue weighted by Crippen LogP contribution is -2.29. The Bertz CT molecular complexity index is 1370. The van der Waals surface area contributed by atoms with Gasteiger partial charge in [0.15, 0.2) is 11.5 Å². The van der Waals surface area contributed by atoms with Crippen LogP contribution in [0.15, 0.2) is 72.3 Å². The number of hydrogen-bond acceptors (Lipinski definition) is 5. The van der Waals surface area contributed by atoms with Crippen LogP contribution in [0.25, 0.3) is 5.76 Å². The van der Waals surface area contributed by atoms with E-state index in [2.05, 4.69) is 0 Å². The molecule has 36 heavy (non-hydrogen) atoms. The van der Waals surface area contributed by atoms with Crippen molar-refractivity contribution in [1.82, 2.24) is 0 Å². The minimum Gasteiger partial charge on any atom is -0.507 e. The van der Waals surface area contributed by atoms with Crippen molar-refractivity contribution < 1.29 is 37.3 Å². The predicted octanol–water partition coefficient (Wildman–Crippen LogP) is 6.00. The molecule has 0 spiro atoms. The van der Waals surface area contributed by atoms with E-state index in [1.165, 1.54) is 62.8 Å². The number of rotatable bonds is 5. The summed E-state index contributed by atoms with van der Waals surface area (Å²) >= 11 is 5.92. The summed E-state index contributed by atoms with van der Waals surface area (Å²) in [5.74, 6) is -2.03. The van der Waals surface area contributed by atoms with E-state index in [4.69, 9.17) is 21.1 Å². The summed E-state index contributed by atoms with van der Waals surface area (Å²) in [5, 5.41) is 11.5. The summed E-state index contributed by atoms with van der Waals surface area (Å²) in [6.07, 6.45) is -4.67. The molecule has 1 fully saturated rings. The lowest BCUT2D eigenvalue weighted by atomic mass is 9.94. The topological polar surface area (TPSA) is 76.1 Å². The number of alkyl halides is 3. The van der Waals surface area contributed by atoms with Gasteiger partial charge >= 0.3 is 6.18 Å². The van der Waals surface area contributed by atoms with Gasteiger partial charge in [-0.05, 0) is 60.2 Å². The highest BCUT2D eigenvalue weighted by Crippen LogP contribution is 2.45. The molecule has 186 valence electrons. The number of hydrogen-bond donors (Lipinski definition) is 1. The maximum Gasteiger partial charge on any atom is 0.416 e. The van der Waals surface area contributed by atoms with Gasteiger partial charge < -0.3 is 14.6 Å². The van der Waals surface area contributed by atoms with Crippen LogP contribution in [0.1, 0.15) is 22.7 Å². The van der Waals surface area contributed by atoms with E-state index in [-0.39, 0.29) is 22.6 Å². The fourth-order valence-corrected chi connectivity index (χ4v) is 4.16. The summed E-state index contributed by atoms with van der Waals surface area (Å²) in [5.41, 5.74) is -0.953. The second-order valence-corrected chi connectivity index (χ2v) is 8.27. The number of carbonyl (C=O) groups excluding carboxylic acids is 2. The SMILES string of the molecule is COc1ccc(C2/C(=C(\O)c3ccc(Cl)cc3)C(=O)C(=O)N2c2cccc(C(F)(F)F)c2)cc1OC. The number of halogens is 4. The number of aliphatic hydroxyl groups excluding tert-OH is 1. The van der Waals surface area contributed by atoms with Gasteiger partial charge in [-0.2, -0.15) is 13.2 Å². The van der Waals surface area contributed by atoms with E-state index in [1.807, 2.05) is 0 Å². The molecular formula is C26H19ClF3NO5. The average molecular weight is 518 g/mol. The maximum absolute atomic E-state index is 13.4. The zero-order valence-electron chi connectivity index (χ0n) is 19.0. The quantitative estimate of drug-likeness (QED) is 0.255. The van der Waals surface area contributed by atoms with Crippen LogP contribution >= 0.6 is 11.6 Å². The second-order valence-electron chi connectivity index (χ2n) is 7.84. The predicted molar refractivity (Wildman–Crippen MR) is 127 cm³/mol. The number of amides is 1. The van der Waals surface area contributed by atoms with Crippen molar-refractivity contribution in [3.8, 4) is 11.5 Å². The van der Waals surface area contributed by atoms with Gasteiger partial charge in [-0.15, -0.1) is 0 Å². The summed E-state index contributed by atoms with van der Waals surface area (Å²) in [7, 11) is 2.81. The number of benzene rings is 3. The lowest BCUT2D eigenvalue weighted by molar-refractivity contribution is -0.137. The van der Waals surface area contributed by atoms with E-state index in [1.54, 1.807) is 0 Å². The number of methoxy groups -OCH3 is 2. The molecule has 3 aromatic rings. The van der Waals surface area contributed by atoms with E-state index in [0.29, 0.717) is 16.3 Å². The zero-order chi connectivity index (χ0) is 26.2. The van der Waals surface area contributed by atoms with Crippen molar-refractivity contribution in [1.29, 1.82) is 0 Å². The molecule has 1 heterocycles. The molecule has 0 saturated carbocycles. The maximum atomic E-state index is 13.4. The third-order valence-corrected chi connectivity index (χ3v) is 5.99. The van der Waals surface area contributed by atoms with Crippen molar-refractivity contribution in [3.63, 3.8) is 0 Å². The monoisotopic (exact) mass is 517 g/mol. The van der Waals surface area contributed by atoms with Crippen LogP contribution in [-0.2, 0) is 15.8 Å². The number of ether oxygens (including phenoxy) is 2. The summed E-state index contributed by atoms with van der Waals surface area (Å²) in [6, 6.07) is 13.3. The third-order valence-electron chi connectivity index (χ3n) is 5.74. The molecule has 0 aromatic heterocycles. The smallest absolute Gasteiger partial charge is 0.416 e. The third kappa shape index (κ3) is 4.49. The van der Waals surface area contributed by atoms with Gasteiger partial charge in [-0.3, -0.25) is 14.5 Å². The van der Waals surface area contributed by atoms with Crippen molar-refractivity contribution in [2.24, 2.45) is 0 Å². The molecule has 10 heteroatoms. The molecule has 1 saturated heterocycles. The standard InChI is InChI=1S/C26H19ClF3NO5/c1-35-19-11-8-15(12-20(19)36-2)22-21(23(32)14-6-9-17(27)10-7-14)24(33)25(34)31(22)18-5-3-4-16(13-18)26(28,29)30/h3-13,22,32H,1-2H3/b23-21+. The number of anilines is 1. The Morgan fingerprint density at radius 3 is 2.22 bits per heavy atom. The lowest BCUT2D eigenvalue weighted by Gasteiger charge is -2.26. The number of nitrogens with zero attached hydrogens (tertiary/aromatic N) is 1. The molecule has 6 nitrogen and oxygen atoms in total. The van der Waals surface area contributed by atoms with E-state index in [9.17, 15) is 27.9 Å². The minimum atomic E-state index is -4.67. The van der Waals surface area contributed by atoms with E-state index >= 15 is 0 Å². The Morgan fingerprint density at radius 1 is 0.944 bits per heavy atom. The molecule has 3 aromatic carbocycles. The van der Waals surface area contributed by atoms with Crippen molar-refractivity contribution in [2.45, 2.75) is 12.2 Å². The molecule has 1 amide bonds. The largest absolute Gasteiger partial charge is 0.507 e. The van der Waals surface area contributed by atoms with Gasteiger partial charge in [0, 0.05) is 16.3 Å². The molecule has 1 N–H and O–H groups in total. The first-order chi connectivity index (χ1) is 17.1. The van der Waals surface area contributed by atoms with Crippen molar-refractivity contribution >= 4 is 34.7 Å². The van der Waals surface area contributed by atoms with Crippen LogP contribution in [0.4, 0.5) is 18.9 Å². The molecule has 1 unspecified atom stereocenters. The highest BCUT2D eigenvalue weighted by Gasteiger charge is 2.47. The van der Waals surface area contributed by atoms with Crippen LogP contribution in [0.3, 0.4) is 0 Å². The highest BCUT2D eigenvalue weighted by molar-refractivity contribution is 6.51. The Morgan fingerprint density at radius 2 is 1.61 bits per heavy atom. The first-order valence-electron chi connectivity index (χ1n) is 10.5. The van der Waals surface area contributed by atoms with Crippen LogP contribution < -0.4 is 14.4 Å². The van der Waals surface area contributed by atoms with Gasteiger partial charge in [0.1, 0.15) is 5.76 Å². The van der Waals surface area contributed by atoms with Crippen molar-refractivity contribution in [3.05, 3.63) is 94.0 Å². The summed E-state index contributed by atoms with van der Waals surface area (Å²) in [6.45, 7) is 0. The Hall–Kier alpha value is -3.98. The van der Waals surface area contributed by atoms with E-state index in [0.717, 1.165) is 23.1 Å². The fraction of sp³-hybridized carbons (Fsp3) is 0.154. The number of aliphatic hydroxyl groups is 1. The first-order valence-corrected chi connectivity index (χ1v) is 10.9. The number of Topliss-reactive ketones (excluding diaryl/α,β-unsaturated/α-hetero) is 1. The highest BCUT2D eigenvalue weighted by atomic mass is 35.5. The van der Waals surface area contributed by atoms with Crippen LogP contribution in [-0.4, -0.2) is 31.0 Å². The fourth-order valence-electron chi connectivity index (χ4n) is 4.03. The van der Waals surface area contributed by atoms with Gasteiger partial charge in [-0.25, -0.2) is 0 Å². The van der Waals surface area contributed by atoms with Gasteiger partial charge in [0.25, 0.3) is 11.7 Å². The Balaban J connectivity index is 1.97. The molecule has 1 atom stereocenters. The minimum absolute atomic E-state index is 0.165. The zero-order valence-corrected chi connectivity index (χ0v) is 19.7. The molecule has 0 bridgehead atoms. The van der Waals surface area contributed by atoms with E-state index < -0.39 is 35.2 Å². The van der Waals surface area contributed by atoms with Crippen molar-refractivity contribution in [2.75, 3.05) is 19.1 Å². The normalized spacial score (nSPS) is 17.4. The molecule has 1 aliphatic heterocycles. The Labute approximate surface area is 209 Å². The van der Waals surface area contributed by atoms with Crippen LogP contribution in [0.2, 0.25) is 5.02 Å². The Kier molecular flexibility index (Phi) is 6.69. The molecule has 0 aliphatic carbocycles. The number of carbonyl (C=O) groups is 2. The van der Waals surface area contributed by atoms with Crippen LogP contribution in [0.5, 0.6) is 11.5 Å². The molecular weight excluding hydrogens is 499 g/mol. The summed E-state index contributed by atoms with van der Waals surface area (Å²) < 4.78 is 50.9. The molecule has 0 radical (unpaired) electrons. The van der Waals surface area contributed by atoms with Gasteiger partial charge in [0.05, 0.1) is 31.4 Å². The second kappa shape index (κ2) is 9.58. The summed E-state index contributed by atoms with van der Waals surface area (Å²) in [4.78, 5) is 27.3. The molecule has 4 rings (SSSR count).